The average Bonchev–Trinajstić information content (AvgIpc) is 2.83. The van der Waals surface area contributed by atoms with Crippen molar-refractivity contribution >= 4 is 16.7 Å². The molecule has 0 amide bonds. The van der Waals surface area contributed by atoms with Gasteiger partial charge in [0.1, 0.15) is 12.4 Å². The van der Waals surface area contributed by atoms with Crippen LogP contribution in [0.25, 0.3) is 21.9 Å². The minimum atomic E-state index is -0.894. The van der Waals surface area contributed by atoms with Crippen LogP contribution in [0, 0.1) is 29.6 Å². The molecule has 3 aromatic rings. The van der Waals surface area contributed by atoms with Gasteiger partial charge in [0.15, 0.2) is 0 Å². The van der Waals surface area contributed by atoms with Crippen molar-refractivity contribution in [1.82, 2.24) is 0 Å². The van der Waals surface area contributed by atoms with Crippen LogP contribution in [-0.4, -0.2) is 17.7 Å². The number of carbonyl (C=O) groups is 1. The van der Waals surface area contributed by atoms with Crippen LogP contribution in [0.1, 0.15) is 61.4 Å². The zero-order valence-electron chi connectivity index (χ0n) is 19.6. The van der Waals surface area contributed by atoms with Crippen molar-refractivity contribution in [2.45, 2.75) is 50.9 Å². The fraction of sp³-hybridized carbons (Fsp3) is 0.387. The molecule has 4 aliphatic rings. The highest BCUT2D eigenvalue weighted by Gasteiger charge is 2.52. The Balaban J connectivity index is 1.42. The molecule has 34 heavy (non-hydrogen) atoms. The summed E-state index contributed by atoms with van der Waals surface area (Å²) in [6.07, 6.45) is 8.11. The molecular formula is C31H30O3. The molecule has 0 heterocycles. The summed E-state index contributed by atoms with van der Waals surface area (Å²) < 4.78 is 6.23. The van der Waals surface area contributed by atoms with Crippen molar-refractivity contribution in [3.8, 4) is 28.7 Å². The van der Waals surface area contributed by atoms with Crippen LogP contribution in [0.4, 0.5) is 0 Å². The molecule has 0 aliphatic heterocycles. The molecule has 0 atom stereocenters. The molecule has 0 saturated heterocycles. The maximum Gasteiger partial charge on any atom is 0.335 e. The molecule has 0 spiro atoms. The summed E-state index contributed by atoms with van der Waals surface area (Å²) in [5.41, 5.74) is 4.28. The van der Waals surface area contributed by atoms with Gasteiger partial charge in [-0.15, -0.1) is 5.92 Å². The highest BCUT2D eigenvalue weighted by molar-refractivity contribution is 5.95. The van der Waals surface area contributed by atoms with E-state index < -0.39 is 5.97 Å². The van der Waals surface area contributed by atoms with Gasteiger partial charge in [-0.25, -0.2) is 4.79 Å². The van der Waals surface area contributed by atoms with E-state index in [1.54, 1.807) is 12.1 Å². The maximum absolute atomic E-state index is 11.3. The fourth-order valence-electron chi connectivity index (χ4n) is 7.43. The van der Waals surface area contributed by atoms with Crippen molar-refractivity contribution in [3.05, 3.63) is 65.7 Å². The number of hydrogen-bond acceptors (Lipinski definition) is 2. The van der Waals surface area contributed by atoms with Crippen molar-refractivity contribution in [2.24, 2.45) is 17.8 Å². The van der Waals surface area contributed by atoms with E-state index in [9.17, 15) is 9.90 Å². The van der Waals surface area contributed by atoms with Crippen molar-refractivity contribution < 1.29 is 14.6 Å². The Labute approximate surface area is 201 Å². The van der Waals surface area contributed by atoms with Crippen molar-refractivity contribution in [2.75, 3.05) is 6.61 Å². The molecule has 0 aromatic heterocycles. The van der Waals surface area contributed by atoms with Gasteiger partial charge < -0.3 is 9.84 Å². The van der Waals surface area contributed by atoms with E-state index in [0.717, 1.165) is 39.8 Å². The maximum atomic E-state index is 11.3. The number of hydrogen-bond donors (Lipinski definition) is 1. The monoisotopic (exact) mass is 450 g/mol. The van der Waals surface area contributed by atoms with Crippen LogP contribution in [0.2, 0.25) is 0 Å². The van der Waals surface area contributed by atoms with Crippen LogP contribution in [-0.2, 0) is 5.41 Å². The quantitative estimate of drug-likeness (QED) is 0.423. The second kappa shape index (κ2) is 8.20. The molecule has 4 saturated carbocycles. The zero-order valence-corrected chi connectivity index (χ0v) is 19.6. The lowest BCUT2D eigenvalue weighted by Gasteiger charge is -2.57. The lowest BCUT2D eigenvalue weighted by atomic mass is 9.48. The first kappa shape index (κ1) is 21.3. The van der Waals surface area contributed by atoms with Crippen LogP contribution in [0.3, 0.4) is 0 Å². The molecule has 0 unspecified atom stereocenters. The van der Waals surface area contributed by atoms with Crippen LogP contribution in [0.15, 0.2) is 54.6 Å². The second-order valence-electron chi connectivity index (χ2n) is 10.7. The van der Waals surface area contributed by atoms with E-state index in [0.29, 0.717) is 12.2 Å². The Kier molecular flexibility index (Phi) is 5.14. The summed E-state index contributed by atoms with van der Waals surface area (Å²) in [6.45, 7) is 2.28. The van der Waals surface area contributed by atoms with Gasteiger partial charge in [0.05, 0.1) is 5.56 Å². The molecule has 3 nitrogen and oxygen atoms in total. The van der Waals surface area contributed by atoms with E-state index in [1.165, 1.54) is 49.7 Å². The standard InChI is InChI=1S/C31H30O3/c1-2-3-10-34-29-9-8-26(24-4-5-25-15-27(30(32)33)7-6-23(25)14-24)16-28(29)31-17-20-11-21(18-31)13-22(12-20)19-31/h4-9,14-16,20-22H,10-13,17-19H2,1H3,(H,32,33). The molecule has 7 rings (SSSR count). The normalized spacial score (nSPS) is 26.8. The first-order valence-corrected chi connectivity index (χ1v) is 12.5. The SMILES string of the molecule is CC#CCOc1ccc(-c2ccc3cc(C(=O)O)ccc3c2)cc1C12CC3CC(CC(C3)C1)C2. The van der Waals surface area contributed by atoms with E-state index in [2.05, 4.69) is 42.2 Å². The number of rotatable bonds is 5. The third-order valence-corrected chi connectivity index (χ3v) is 8.49. The lowest BCUT2D eigenvalue weighted by molar-refractivity contribution is -0.00624. The second-order valence-corrected chi connectivity index (χ2v) is 10.7. The molecule has 0 radical (unpaired) electrons. The minimum Gasteiger partial charge on any atom is -0.481 e. The van der Waals surface area contributed by atoms with Gasteiger partial charge in [-0.05, 0) is 121 Å². The third kappa shape index (κ3) is 3.66. The molecule has 4 bridgehead atoms. The molecule has 4 fully saturated rings. The summed E-state index contributed by atoms with van der Waals surface area (Å²) in [4.78, 5) is 11.3. The summed E-state index contributed by atoms with van der Waals surface area (Å²) in [5.74, 6) is 8.70. The van der Waals surface area contributed by atoms with Gasteiger partial charge in [0.2, 0.25) is 0 Å². The van der Waals surface area contributed by atoms with Crippen LogP contribution < -0.4 is 4.74 Å². The first-order valence-electron chi connectivity index (χ1n) is 12.5. The van der Waals surface area contributed by atoms with Crippen molar-refractivity contribution in [3.63, 3.8) is 0 Å². The van der Waals surface area contributed by atoms with Gasteiger partial charge in [-0.3, -0.25) is 0 Å². The Hall–Kier alpha value is -3.25. The van der Waals surface area contributed by atoms with E-state index in [1.807, 2.05) is 19.1 Å². The smallest absolute Gasteiger partial charge is 0.335 e. The van der Waals surface area contributed by atoms with Crippen LogP contribution >= 0.6 is 0 Å². The number of aromatic carboxylic acids is 1. The molecule has 3 aromatic carbocycles. The number of fused-ring (bicyclic) bond motifs is 1. The Morgan fingerprint density at radius 3 is 2.21 bits per heavy atom. The number of ether oxygens (including phenoxy) is 1. The molecule has 3 heteroatoms. The third-order valence-electron chi connectivity index (χ3n) is 8.49. The molecule has 4 aliphatic carbocycles. The van der Waals surface area contributed by atoms with Crippen molar-refractivity contribution in [1.29, 1.82) is 0 Å². The lowest BCUT2D eigenvalue weighted by Crippen LogP contribution is -2.48. The topological polar surface area (TPSA) is 46.5 Å². The van der Waals surface area contributed by atoms with Crippen LogP contribution in [0.5, 0.6) is 5.75 Å². The average molecular weight is 451 g/mol. The summed E-state index contributed by atoms with van der Waals surface area (Å²) in [7, 11) is 0. The van der Waals surface area contributed by atoms with Gasteiger partial charge in [0.25, 0.3) is 0 Å². The minimum absolute atomic E-state index is 0.229. The Morgan fingerprint density at radius 2 is 1.53 bits per heavy atom. The summed E-state index contributed by atoms with van der Waals surface area (Å²) >= 11 is 0. The van der Waals surface area contributed by atoms with Gasteiger partial charge in [-0.2, -0.15) is 0 Å². The molecule has 1 N–H and O–H groups in total. The summed E-state index contributed by atoms with van der Waals surface area (Å²) in [6, 6.07) is 18.3. The molecular weight excluding hydrogens is 420 g/mol. The predicted molar refractivity (Wildman–Crippen MR) is 135 cm³/mol. The van der Waals surface area contributed by atoms with Gasteiger partial charge in [-0.1, -0.05) is 30.2 Å². The number of carboxylic acids is 1. The predicted octanol–water partition coefficient (Wildman–Crippen LogP) is 7.07. The highest BCUT2D eigenvalue weighted by Crippen LogP contribution is 2.62. The van der Waals surface area contributed by atoms with Gasteiger partial charge in [0, 0.05) is 5.56 Å². The van der Waals surface area contributed by atoms with Gasteiger partial charge >= 0.3 is 5.97 Å². The summed E-state index contributed by atoms with van der Waals surface area (Å²) in [5, 5.41) is 11.3. The Morgan fingerprint density at radius 1 is 0.912 bits per heavy atom. The Bertz CT molecular complexity index is 1300. The highest BCUT2D eigenvalue weighted by atomic mass is 16.5. The number of benzene rings is 3. The van der Waals surface area contributed by atoms with E-state index in [-0.39, 0.29) is 5.41 Å². The number of carboxylic acid groups (broad SMARTS) is 1. The zero-order chi connectivity index (χ0) is 23.3. The molecule has 172 valence electrons. The fourth-order valence-corrected chi connectivity index (χ4v) is 7.43. The van der Waals surface area contributed by atoms with E-state index in [4.69, 9.17) is 4.74 Å². The first-order chi connectivity index (χ1) is 16.5. The van der Waals surface area contributed by atoms with E-state index >= 15 is 0 Å². The largest absolute Gasteiger partial charge is 0.481 e.